The number of carbonyl (C=O) groups is 1. The summed E-state index contributed by atoms with van der Waals surface area (Å²) in [6, 6.07) is 23.0. The standard InChI is InChI=1S/C26H29N3O4S/c1-28(34(31,32)25-8-3-2-4-9-25)24-7-5-6-23(18-24)26(30)27-19-21-10-12-22(13-11-21)20-29-14-16-33-17-15-29/h2-13,18H,14-17,19-20H2,1H3,(H,27,30). The topological polar surface area (TPSA) is 79.0 Å². The summed E-state index contributed by atoms with van der Waals surface area (Å²) in [5, 5.41) is 2.92. The molecule has 0 saturated carbocycles. The lowest BCUT2D eigenvalue weighted by molar-refractivity contribution is 0.0342. The molecule has 1 saturated heterocycles. The summed E-state index contributed by atoms with van der Waals surface area (Å²) < 4.78 is 32.4. The highest BCUT2D eigenvalue weighted by atomic mass is 32.2. The number of sulfonamides is 1. The fraction of sp³-hybridized carbons (Fsp3) is 0.269. The van der Waals surface area contributed by atoms with Crippen LogP contribution in [0.2, 0.25) is 0 Å². The Morgan fingerprint density at radius 2 is 1.62 bits per heavy atom. The molecule has 0 atom stereocenters. The van der Waals surface area contributed by atoms with Crippen LogP contribution < -0.4 is 9.62 Å². The van der Waals surface area contributed by atoms with Crippen molar-refractivity contribution in [3.63, 3.8) is 0 Å². The molecule has 1 heterocycles. The van der Waals surface area contributed by atoms with Crippen LogP contribution in [0.5, 0.6) is 0 Å². The fourth-order valence-electron chi connectivity index (χ4n) is 3.80. The number of ether oxygens (including phenoxy) is 1. The Morgan fingerprint density at radius 1 is 0.941 bits per heavy atom. The van der Waals surface area contributed by atoms with Gasteiger partial charge in [0.25, 0.3) is 15.9 Å². The monoisotopic (exact) mass is 479 g/mol. The van der Waals surface area contributed by atoms with Gasteiger partial charge in [0.1, 0.15) is 0 Å². The molecule has 7 nitrogen and oxygen atoms in total. The van der Waals surface area contributed by atoms with Gasteiger partial charge in [0.2, 0.25) is 0 Å². The molecule has 0 unspecified atom stereocenters. The van der Waals surface area contributed by atoms with Crippen LogP contribution in [0.3, 0.4) is 0 Å². The number of nitrogens with one attached hydrogen (secondary N) is 1. The van der Waals surface area contributed by atoms with Gasteiger partial charge in [-0.25, -0.2) is 8.42 Å². The first-order valence-corrected chi connectivity index (χ1v) is 12.7. The molecule has 0 spiro atoms. The van der Waals surface area contributed by atoms with Crippen LogP contribution in [-0.2, 0) is 27.8 Å². The summed E-state index contributed by atoms with van der Waals surface area (Å²) in [5.41, 5.74) is 3.05. The largest absolute Gasteiger partial charge is 0.379 e. The predicted octanol–water partition coefficient (Wildman–Crippen LogP) is 3.27. The molecule has 34 heavy (non-hydrogen) atoms. The minimum atomic E-state index is -3.71. The Morgan fingerprint density at radius 3 is 2.32 bits per heavy atom. The zero-order valence-electron chi connectivity index (χ0n) is 19.2. The highest BCUT2D eigenvalue weighted by Gasteiger charge is 2.21. The van der Waals surface area contributed by atoms with Gasteiger partial charge in [-0.1, -0.05) is 48.5 Å². The van der Waals surface area contributed by atoms with Gasteiger partial charge in [0.05, 0.1) is 23.8 Å². The van der Waals surface area contributed by atoms with E-state index in [1.54, 1.807) is 54.6 Å². The Balaban J connectivity index is 1.37. The van der Waals surface area contributed by atoms with Crippen LogP contribution in [0.4, 0.5) is 5.69 Å². The van der Waals surface area contributed by atoms with Gasteiger partial charge in [-0.3, -0.25) is 14.0 Å². The number of hydrogen-bond acceptors (Lipinski definition) is 5. The van der Waals surface area contributed by atoms with E-state index in [4.69, 9.17) is 4.74 Å². The van der Waals surface area contributed by atoms with E-state index < -0.39 is 10.0 Å². The number of rotatable bonds is 8. The van der Waals surface area contributed by atoms with Crippen LogP contribution in [0.1, 0.15) is 21.5 Å². The predicted molar refractivity (Wildman–Crippen MR) is 132 cm³/mol. The Bertz CT molecular complexity index is 1210. The van der Waals surface area contributed by atoms with E-state index in [2.05, 4.69) is 22.3 Å². The number of carbonyl (C=O) groups excluding carboxylic acids is 1. The molecule has 0 radical (unpaired) electrons. The maximum atomic E-state index is 12.9. The van der Waals surface area contributed by atoms with Gasteiger partial charge in [-0.05, 0) is 41.5 Å². The first-order valence-electron chi connectivity index (χ1n) is 11.2. The lowest BCUT2D eigenvalue weighted by Crippen LogP contribution is -2.35. The number of nitrogens with zero attached hydrogens (tertiary/aromatic N) is 2. The maximum absolute atomic E-state index is 12.9. The molecular formula is C26H29N3O4S. The van der Waals surface area contributed by atoms with Gasteiger partial charge in [-0.2, -0.15) is 0 Å². The second-order valence-electron chi connectivity index (χ2n) is 8.22. The minimum Gasteiger partial charge on any atom is -0.379 e. The lowest BCUT2D eigenvalue weighted by atomic mass is 10.1. The van der Waals surface area contributed by atoms with Crippen molar-refractivity contribution < 1.29 is 17.9 Å². The van der Waals surface area contributed by atoms with Gasteiger partial charge >= 0.3 is 0 Å². The molecule has 0 aliphatic carbocycles. The second kappa shape index (κ2) is 10.8. The highest BCUT2D eigenvalue weighted by Crippen LogP contribution is 2.23. The molecule has 178 valence electrons. The third-order valence-corrected chi connectivity index (χ3v) is 7.66. The van der Waals surface area contributed by atoms with Crippen molar-refractivity contribution in [3.8, 4) is 0 Å². The van der Waals surface area contributed by atoms with Crippen molar-refractivity contribution >= 4 is 21.6 Å². The number of amides is 1. The lowest BCUT2D eigenvalue weighted by Gasteiger charge is -2.26. The molecular weight excluding hydrogens is 450 g/mol. The molecule has 1 aliphatic heterocycles. The SMILES string of the molecule is CN(c1cccc(C(=O)NCc2ccc(CN3CCOCC3)cc2)c1)S(=O)(=O)c1ccccc1. The third-order valence-electron chi connectivity index (χ3n) is 5.86. The number of hydrogen-bond donors (Lipinski definition) is 1. The molecule has 8 heteroatoms. The van der Waals surface area contributed by atoms with Crippen LogP contribution >= 0.6 is 0 Å². The molecule has 4 rings (SSSR count). The number of benzene rings is 3. The fourth-order valence-corrected chi connectivity index (χ4v) is 5.01. The normalized spacial score (nSPS) is 14.5. The number of anilines is 1. The molecule has 3 aromatic rings. The van der Waals surface area contributed by atoms with Gasteiger partial charge in [-0.15, -0.1) is 0 Å². The average Bonchev–Trinajstić information content (AvgIpc) is 2.89. The van der Waals surface area contributed by atoms with Crippen LogP contribution in [0.15, 0.2) is 83.8 Å². The smallest absolute Gasteiger partial charge is 0.264 e. The zero-order chi connectivity index (χ0) is 24.0. The Hall–Kier alpha value is -3.20. The van der Waals surface area contributed by atoms with Crippen molar-refractivity contribution in [3.05, 3.63) is 95.6 Å². The first-order chi connectivity index (χ1) is 16.4. The molecule has 1 N–H and O–H groups in total. The van der Waals surface area contributed by atoms with Crippen molar-refractivity contribution in [1.29, 1.82) is 0 Å². The van der Waals surface area contributed by atoms with Crippen molar-refractivity contribution in [1.82, 2.24) is 10.2 Å². The molecule has 1 amide bonds. The van der Waals surface area contributed by atoms with E-state index in [0.29, 0.717) is 17.8 Å². The maximum Gasteiger partial charge on any atom is 0.264 e. The molecule has 0 aromatic heterocycles. The van der Waals surface area contributed by atoms with Gasteiger partial charge < -0.3 is 10.1 Å². The summed E-state index contributed by atoms with van der Waals surface area (Å²) in [6.45, 7) is 4.72. The van der Waals surface area contributed by atoms with Gasteiger partial charge in [0, 0.05) is 38.8 Å². The van der Waals surface area contributed by atoms with Crippen molar-refractivity contribution in [2.45, 2.75) is 18.0 Å². The zero-order valence-corrected chi connectivity index (χ0v) is 20.0. The first kappa shape index (κ1) is 23.9. The Kier molecular flexibility index (Phi) is 7.62. The van der Waals surface area contributed by atoms with E-state index >= 15 is 0 Å². The van der Waals surface area contributed by atoms with Crippen LogP contribution in [0, 0.1) is 0 Å². The third kappa shape index (κ3) is 5.83. The van der Waals surface area contributed by atoms with E-state index in [-0.39, 0.29) is 10.8 Å². The van der Waals surface area contributed by atoms with E-state index in [9.17, 15) is 13.2 Å². The van der Waals surface area contributed by atoms with Crippen molar-refractivity contribution in [2.75, 3.05) is 37.7 Å². The number of morpholine rings is 1. The van der Waals surface area contributed by atoms with Gasteiger partial charge in [0.15, 0.2) is 0 Å². The summed E-state index contributed by atoms with van der Waals surface area (Å²) in [4.78, 5) is 15.3. The highest BCUT2D eigenvalue weighted by molar-refractivity contribution is 7.92. The minimum absolute atomic E-state index is 0.199. The molecule has 3 aromatic carbocycles. The second-order valence-corrected chi connectivity index (χ2v) is 10.2. The summed E-state index contributed by atoms with van der Waals surface area (Å²) in [5.74, 6) is -0.259. The van der Waals surface area contributed by atoms with E-state index in [1.807, 2.05) is 12.1 Å². The molecule has 1 aliphatic rings. The van der Waals surface area contributed by atoms with Crippen LogP contribution in [0.25, 0.3) is 0 Å². The average molecular weight is 480 g/mol. The van der Waals surface area contributed by atoms with Crippen molar-refractivity contribution in [2.24, 2.45) is 0 Å². The summed E-state index contributed by atoms with van der Waals surface area (Å²) in [6.07, 6.45) is 0. The molecule has 0 bridgehead atoms. The summed E-state index contributed by atoms with van der Waals surface area (Å²) in [7, 11) is -2.23. The quantitative estimate of drug-likeness (QED) is 0.537. The molecule has 1 fully saturated rings. The van der Waals surface area contributed by atoms with E-state index in [1.165, 1.54) is 16.9 Å². The summed E-state index contributed by atoms with van der Waals surface area (Å²) >= 11 is 0. The Labute approximate surface area is 201 Å². The van der Waals surface area contributed by atoms with Crippen LogP contribution in [-0.4, -0.2) is 52.6 Å². The van der Waals surface area contributed by atoms with E-state index in [0.717, 1.165) is 38.4 Å².